The minimum absolute atomic E-state index is 0.244. The maximum absolute atomic E-state index is 12.5. The number of nitrogens with one attached hydrogen (secondary N) is 1. The maximum atomic E-state index is 12.5. The molecule has 1 N–H and O–H groups in total. The number of hydrogen-bond acceptors (Lipinski definition) is 3. The summed E-state index contributed by atoms with van der Waals surface area (Å²) in [4.78, 5) is 24.8. The molecule has 3 rings (SSSR count). The van der Waals surface area contributed by atoms with Crippen LogP contribution in [-0.4, -0.2) is 15.7 Å². The number of aryl methyl sites for hydroxylation is 2. The molecule has 138 valence electrons. The highest BCUT2D eigenvalue weighted by atomic mass is 16.2. The Morgan fingerprint density at radius 1 is 0.963 bits per heavy atom. The number of benzene rings is 2. The SMILES string of the molecule is Cc1ccc(CNC(=O)C(C)n2nc(-c3ccc(C)cc3)ccc2=O)cc1. The van der Waals surface area contributed by atoms with Crippen LogP contribution < -0.4 is 10.9 Å². The number of amides is 1. The van der Waals surface area contributed by atoms with Gasteiger partial charge in [0.1, 0.15) is 6.04 Å². The van der Waals surface area contributed by atoms with Crippen molar-refractivity contribution in [3.63, 3.8) is 0 Å². The molecule has 0 saturated carbocycles. The molecule has 2 aromatic carbocycles. The van der Waals surface area contributed by atoms with Crippen LogP contribution in [0.1, 0.15) is 29.7 Å². The van der Waals surface area contributed by atoms with Crippen LogP contribution in [0.25, 0.3) is 11.3 Å². The Balaban J connectivity index is 1.76. The molecule has 0 fully saturated rings. The van der Waals surface area contributed by atoms with Crippen molar-refractivity contribution in [2.24, 2.45) is 0 Å². The normalized spacial score (nSPS) is 11.8. The first-order valence-corrected chi connectivity index (χ1v) is 8.94. The standard InChI is InChI=1S/C22H23N3O2/c1-15-4-8-18(9-5-15)14-23-22(27)17(3)25-21(26)13-12-20(24-25)19-10-6-16(2)7-11-19/h4-13,17H,14H2,1-3H3,(H,23,27). The molecule has 0 aliphatic carbocycles. The molecule has 1 heterocycles. The topological polar surface area (TPSA) is 64.0 Å². The summed E-state index contributed by atoms with van der Waals surface area (Å²) in [5.74, 6) is -0.244. The fourth-order valence-electron chi connectivity index (χ4n) is 2.73. The molecule has 5 heteroatoms. The zero-order valence-corrected chi connectivity index (χ0v) is 15.8. The Kier molecular flexibility index (Phi) is 5.50. The predicted molar refractivity (Wildman–Crippen MR) is 106 cm³/mol. The summed E-state index contributed by atoms with van der Waals surface area (Å²) >= 11 is 0. The van der Waals surface area contributed by atoms with Crippen molar-refractivity contribution in [3.8, 4) is 11.3 Å². The minimum Gasteiger partial charge on any atom is -0.350 e. The van der Waals surface area contributed by atoms with E-state index in [0.717, 1.165) is 16.7 Å². The van der Waals surface area contributed by atoms with Gasteiger partial charge in [0, 0.05) is 18.2 Å². The molecule has 0 saturated heterocycles. The fourth-order valence-corrected chi connectivity index (χ4v) is 2.73. The molecule has 3 aromatic rings. The van der Waals surface area contributed by atoms with Crippen LogP contribution in [0.2, 0.25) is 0 Å². The van der Waals surface area contributed by atoms with Gasteiger partial charge in [0.25, 0.3) is 5.56 Å². The van der Waals surface area contributed by atoms with Gasteiger partial charge in [-0.25, -0.2) is 4.68 Å². The zero-order chi connectivity index (χ0) is 19.4. The summed E-state index contributed by atoms with van der Waals surface area (Å²) < 4.78 is 1.24. The van der Waals surface area contributed by atoms with E-state index in [1.165, 1.54) is 16.3 Å². The maximum Gasteiger partial charge on any atom is 0.267 e. The molecule has 0 aliphatic rings. The van der Waals surface area contributed by atoms with E-state index < -0.39 is 6.04 Å². The third-order valence-electron chi connectivity index (χ3n) is 4.51. The number of nitrogens with zero attached hydrogens (tertiary/aromatic N) is 2. The van der Waals surface area contributed by atoms with Gasteiger partial charge in [-0.05, 0) is 32.4 Å². The Bertz CT molecular complexity index is 989. The Morgan fingerprint density at radius 3 is 2.19 bits per heavy atom. The number of rotatable bonds is 5. The third kappa shape index (κ3) is 4.50. The molecule has 0 aliphatic heterocycles. The van der Waals surface area contributed by atoms with E-state index in [1.54, 1.807) is 13.0 Å². The van der Waals surface area contributed by atoms with E-state index in [1.807, 2.05) is 62.4 Å². The van der Waals surface area contributed by atoms with Gasteiger partial charge in [0.05, 0.1) is 5.69 Å². The first-order chi connectivity index (χ1) is 12.9. The van der Waals surface area contributed by atoms with Crippen molar-refractivity contribution >= 4 is 5.91 Å². The van der Waals surface area contributed by atoms with Crippen molar-refractivity contribution in [2.75, 3.05) is 0 Å². The average Bonchev–Trinajstić information content (AvgIpc) is 2.68. The van der Waals surface area contributed by atoms with Gasteiger partial charge in [-0.15, -0.1) is 0 Å². The van der Waals surface area contributed by atoms with E-state index in [0.29, 0.717) is 12.2 Å². The fraction of sp³-hybridized carbons (Fsp3) is 0.227. The first kappa shape index (κ1) is 18.6. The summed E-state index contributed by atoms with van der Waals surface area (Å²) in [7, 11) is 0. The second-order valence-electron chi connectivity index (χ2n) is 6.75. The molecule has 27 heavy (non-hydrogen) atoms. The number of carbonyl (C=O) groups excluding carboxylic acids is 1. The van der Waals surface area contributed by atoms with Gasteiger partial charge >= 0.3 is 0 Å². The highest BCUT2D eigenvalue weighted by Crippen LogP contribution is 2.16. The van der Waals surface area contributed by atoms with Crippen molar-refractivity contribution in [1.82, 2.24) is 15.1 Å². The van der Waals surface area contributed by atoms with Crippen molar-refractivity contribution in [1.29, 1.82) is 0 Å². The van der Waals surface area contributed by atoms with Gasteiger partial charge in [-0.1, -0.05) is 59.7 Å². The minimum atomic E-state index is -0.701. The third-order valence-corrected chi connectivity index (χ3v) is 4.51. The Labute approximate surface area is 158 Å². The number of aromatic nitrogens is 2. The molecule has 0 bridgehead atoms. The monoisotopic (exact) mass is 361 g/mol. The van der Waals surface area contributed by atoms with E-state index >= 15 is 0 Å². The summed E-state index contributed by atoms with van der Waals surface area (Å²) in [6.07, 6.45) is 0. The smallest absolute Gasteiger partial charge is 0.267 e. The van der Waals surface area contributed by atoms with E-state index in [9.17, 15) is 9.59 Å². The molecule has 0 spiro atoms. The molecule has 1 unspecified atom stereocenters. The lowest BCUT2D eigenvalue weighted by Crippen LogP contribution is -2.36. The lowest BCUT2D eigenvalue weighted by Gasteiger charge is -2.15. The number of carbonyl (C=O) groups is 1. The van der Waals surface area contributed by atoms with Crippen LogP contribution in [0.5, 0.6) is 0 Å². The molecule has 5 nitrogen and oxygen atoms in total. The zero-order valence-electron chi connectivity index (χ0n) is 15.8. The van der Waals surface area contributed by atoms with Crippen LogP contribution in [0, 0.1) is 13.8 Å². The molecular formula is C22H23N3O2. The summed E-state index contributed by atoms with van der Waals surface area (Å²) in [5.41, 5.74) is 4.59. The van der Waals surface area contributed by atoms with Crippen LogP contribution in [0.4, 0.5) is 0 Å². The van der Waals surface area contributed by atoms with Crippen LogP contribution in [0.3, 0.4) is 0 Å². The largest absolute Gasteiger partial charge is 0.350 e. The van der Waals surface area contributed by atoms with Crippen LogP contribution in [0.15, 0.2) is 65.5 Å². The van der Waals surface area contributed by atoms with E-state index in [4.69, 9.17) is 0 Å². The average molecular weight is 361 g/mol. The highest BCUT2D eigenvalue weighted by Gasteiger charge is 2.17. The predicted octanol–water partition coefficient (Wildman–Crippen LogP) is 3.40. The first-order valence-electron chi connectivity index (χ1n) is 8.94. The van der Waals surface area contributed by atoms with Crippen molar-refractivity contribution < 1.29 is 4.79 Å². The van der Waals surface area contributed by atoms with Gasteiger partial charge in [0.2, 0.25) is 5.91 Å². The van der Waals surface area contributed by atoms with Gasteiger partial charge in [-0.3, -0.25) is 9.59 Å². The quantitative estimate of drug-likeness (QED) is 0.757. The molecule has 1 atom stereocenters. The van der Waals surface area contributed by atoms with Crippen molar-refractivity contribution in [2.45, 2.75) is 33.4 Å². The number of hydrogen-bond donors (Lipinski definition) is 1. The second-order valence-corrected chi connectivity index (χ2v) is 6.75. The molecule has 0 radical (unpaired) electrons. The second kappa shape index (κ2) is 7.99. The van der Waals surface area contributed by atoms with Crippen LogP contribution >= 0.6 is 0 Å². The summed E-state index contributed by atoms with van der Waals surface area (Å²) in [6, 6.07) is 18.3. The lowest BCUT2D eigenvalue weighted by atomic mass is 10.1. The van der Waals surface area contributed by atoms with Gasteiger partial charge in [0.15, 0.2) is 0 Å². The van der Waals surface area contributed by atoms with Crippen molar-refractivity contribution in [3.05, 3.63) is 87.7 Å². The lowest BCUT2D eigenvalue weighted by molar-refractivity contribution is -0.124. The molecule has 1 aromatic heterocycles. The Hall–Kier alpha value is -3.21. The summed E-state index contributed by atoms with van der Waals surface area (Å²) in [5, 5.41) is 7.28. The molecular weight excluding hydrogens is 338 g/mol. The van der Waals surface area contributed by atoms with E-state index in [-0.39, 0.29) is 11.5 Å². The summed E-state index contributed by atoms with van der Waals surface area (Å²) in [6.45, 7) is 6.12. The van der Waals surface area contributed by atoms with E-state index in [2.05, 4.69) is 10.4 Å². The van der Waals surface area contributed by atoms with Gasteiger partial charge < -0.3 is 5.32 Å². The Morgan fingerprint density at radius 2 is 1.56 bits per heavy atom. The van der Waals surface area contributed by atoms with Gasteiger partial charge in [-0.2, -0.15) is 5.10 Å². The molecule has 1 amide bonds. The van der Waals surface area contributed by atoms with Crippen LogP contribution in [-0.2, 0) is 11.3 Å². The highest BCUT2D eigenvalue weighted by molar-refractivity contribution is 5.79.